The molecule has 2 aromatic carbocycles. The molecule has 1 N–H and O–H groups in total. The van der Waals surface area contributed by atoms with Gasteiger partial charge in [-0.25, -0.2) is 0 Å². The molecular weight excluding hydrogens is 328 g/mol. The second-order valence-electron chi connectivity index (χ2n) is 6.41. The Labute approximate surface area is 154 Å². The zero-order valence-electron chi connectivity index (χ0n) is 15.0. The number of hydrogen-bond acceptors (Lipinski definition) is 3. The van der Waals surface area contributed by atoms with Crippen LogP contribution in [0.4, 0.5) is 5.69 Å². The van der Waals surface area contributed by atoms with Crippen LogP contribution in [-0.2, 0) is 20.7 Å². The number of rotatable bonds is 7. The number of carbonyl (C=O) groups excluding carboxylic acids is 2. The number of methoxy groups -OCH3 is 1. The summed E-state index contributed by atoms with van der Waals surface area (Å²) in [5, 5.41) is 2.77. The molecule has 2 aromatic rings. The number of carbonyl (C=O) groups is 2. The van der Waals surface area contributed by atoms with Crippen LogP contribution in [0.25, 0.3) is 0 Å². The molecule has 1 aliphatic heterocycles. The Balaban J connectivity index is 1.74. The lowest BCUT2D eigenvalue weighted by Gasteiger charge is -2.20. The Morgan fingerprint density at radius 1 is 1.15 bits per heavy atom. The normalized spacial score (nSPS) is 16.7. The molecule has 5 heteroatoms. The average Bonchev–Trinajstić information content (AvgIpc) is 3.04. The number of amides is 2. The Morgan fingerprint density at radius 3 is 2.65 bits per heavy atom. The van der Waals surface area contributed by atoms with E-state index < -0.39 is 5.92 Å². The third-order valence-electron chi connectivity index (χ3n) is 4.65. The minimum Gasteiger partial charge on any atom is -0.383 e. The van der Waals surface area contributed by atoms with Crippen LogP contribution in [0.2, 0.25) is 0 Å². The van der Waals surface area contributed by atoms with E-state index in [9.17, 15) is 9.59 Å². The van der Waals surface area contributed by atoms with E-state index in [2.05, 4.69) is 17.4 Å². The second kappa shape index (κ2) is 8.63. The lowest BCUT2D eigenvalue weighted by Crippen LogP contribution is -2.38. The van der Waals surface area contributed by atoms with Crippen molar-refractivity contribution in [1.29, 1.82) is 0 Å². The monoisotopic (exact) mass is 352 g/mol. The number of anilines is 1. The van der Waals surface area contributed by atoms with Gasteiger partial charge in [-0.2, -0.15) is 0 Å². The molecule has 0 spiro atoms. The standard InChI is InChI=1S/C21H24N2O3/c1-26-14-12-22-20(24)18-11-13-23(21(18)25)19-10-6-5-9-17(19)15-16-7-3-2-4-8-16/h2-10,18H,11-15H2,1H3,(H,22,24)/t18-/m1/s1. The van der Waals surface area contributed by atoms with Crippen molar-refractivity contribution in [3.63, 3.8) is 0 Å². The Bertz CT molecular complexity index is 761. The molecule has 1 saturated heterocycles. The zero-order valence-corrected chi connectivity index (χ0v) is 15.0. The van der Waals surface area contributed by atoms with E-state index in [0.717, 1.165) is 17.7 Å². The van der Waals surface area contributed by atoms with Crippen LogP contribution in [0.15, 0.2) is 54.6 Å². The third kappa shape index (κ3) is 4.11. The minimum absolute atomic E-state index is 0.125. The first-order chi connectivity index (χ1) is 12.7. The van der Waals surface area contributed by atoms with Crippen molar-refractivity contribution in [2.24, 2.45) is 5.92 Å². The first-order valence-corrected chi connectivity index (χ1v) is 8.90. The van der Waals surface area contributed by atoms with Crippen LogP contribution in [0, 0.1) is 5.92 Å². The Kier molecular flexibility index (Phi) is 6.02. The van der Waals surface area contributed by atoms with E-state index in [1.807, 2.05) is 42.5 Å². The van der Waals surface area contributed by atoms with E-state index in [4.69, 9.17) is 4.74 Å². The van der Waals surface area contributed by atoms with Gasteiger partial charge in [0.1, 0.15) is 5.92 Å². The maximum atomic E-state index is 12.8. The molecule has 0 radical (unpaired) electrons. The van der Waals surface area contributed by atoms with Crippen molar-refractivity contribution >= 4 is 17.5 Å². The predicted molar refractivity (Wildman–Crippen MR) is 101 cm³/mol. The number of ether oxygens (including phenoxy) is 1. The van der Waals surface area contributed by atoms with Gasteiger partial charge in [0.2, 0.25) is 11.8 Å². The molecule has 0 aliphatic carbocycles. The molecule has 1 fully saturated rings. The van der Waals surface area contributed by atoms with Crippen molar-refractivity contribution in [1.82, 2.24) is 5.32 Å². The van der Waals surface area contributed by atoms with Gasteiger partial charge in [-0.05, 0) is 30.0 Å². The van der Waals surface area contributed by atoms with Crippen LogP contribution in [-0.4, -0.2) is 38.6 Å². The maximum absolute atomic E-state index is 12.8. The summed E-state index contributed by atoms with van der Waals surface area (Å²) in [5.74, 6) is -0.952. The fourth-order valence-electron chi connectivity index (χ4n) is 3.30. The summed E-state index contributed by atoms with van der Waals surface area (Å²) in [7, 11) is 1.58. The fraction of sp³-hybridized carbons (Fsp3) is 0.333. The molecule has 0 bridgehead atoms. The van der Waals surface area contributed by atoms with E-state index in [0.29, 0.717) is 26.1 Å². The second-order valence-corrected chi connectivity index (χ2v) is 6.41. The van der Waals surface area contributed by atoms with Crippen LogP contribution in [0.5, 0.6) is 0 Å². The van der Waals surface area contributed by atoms with Crippen LogP contribution in [0.3, 0.4) is 0 Å². The summed E-state index contributed by atoms with van der Waals surface area (Å²) < 4.78 is 4.93. The number of para-hydroxylation sites is 1. The van der Waals surface area contributed by atoms with Crippen molar-refractivity contribution < 1.29 is 14.3 Å². The molecule has 26 heavy (non-hydrogen) atoms. The largest absolute Gasteiger partial charge is 0.383 e. The number of nitrogens with one attached hydrogen (secondary N) is 1. The number of benzene rings is 2. The highest BCUT2D eigenvalue weighted by molar-refractivity contribution is 6.09. The van der Waals surface area contributed by atoms with Crippen LogP contribution in [0.1, 0.15) is 17.5 Å². The SMILES string of the molecule is COCCNC(=O)[C@H]1CCN(c2ccccc2Cc2ccccc2)C1=O. The van der Waals surface area contributed by atoms with Crippen molar-refractivity contribution in [2.45, 2.75) is 12.8 Å². The molecule has 2 amide bonds. The van der Waals surface area contributed by atoms with Gasteiger partial charge >= 0.3 is 0 Å². The van der Waals surface area contributed by atoms with Gasteiger partial charge in [0.15, 0.2) is 0 Å². The van der Waals surface area contributed by atoms with Crippen LogP contribution >= 0.6 is 0 Å². The van der Waals surface area contributed by atoms with Gasteiger partial charge in [0, 0.05) is 25.9 Å². The van der Waals surface area contributed by atoms with E-state index in [1.165, 1.54) is 5.56 Å². The molecule has 3 rings (SSSR count). The van der Waals surface area contributed by atoms with Gasteiger partial charge in [-0.1, -0.05) is 48.5 Å². The first-order valence-electron chi connectivity index (χ1n) is 8.90. The smallest absolute Gasteiger partial charge is 0.239 e. The van der Waals surface area contributed by atoms with Crippen molar-refractivity contribution in [3.8, 4) is 0 Å². The quantitative estimate of drug-likeness (QED) is 0.615. The minimum atomic E-state index is -0.614. The molecule has 0 saturated carbocycles. The molecule has 0 unspecified atom stereocenters. The van der Waals surface area contributed by atoms with Gasteiger partial charge in [-0.3, -0.25) is 9.59 Å². The van der Waals surface area contributed by atoms with E-state index in [-0.39, 0.29) is 11.8 Å². The Morgan fingerprint density at radius 2 is 1.88 bits per heavy atom. The fourth-order valence-corrected chi connectivity index (χ4v) is 3.30. The van der Waals surface area contributed by atoms with Crippen molar-refractivity contribution in [3.05, 3.63) is 65.7 Å². The Hall–Kier alpha value is -2.66. The highest BCUT2D eigenvalue weighted by Crippen LogP contribution is 2.29. The molecule has 5 nitrogen and oxygen atoms in total. The van der Waals surface area contributed by atoms with E-state index >= 15 is 0 Å². The lowest BCUT2D eigenvalue weighted by molar-refractivity contribution is -0.132. The summed E-state index contributed by atoms with van der Waals surface area (Å²) in [6, 6.07) is 18.1. The van der Waals surface area contributed by atoms with Gasteiger partial charge in [0.25, 0.3) is 0 Å². The van der Waals surface area contributed by atoms with Gasteiger partial charge in [0.05, 0.1) is 6.61 Å². The molecule has 1 atom stereocenters. The van der Waals surface area contributed by atoms with Crippen LogP contribution < -0.4 is 10.2 Å². The summed E-state index contributed by atoms with van der Waals surface area (Å²) in [4.78, 5) is 26.8. The summed E-state index contributed by atoms with van der Waals surface area (Å²) in [6.45, 7) is 1.42. The predicted octanol–water partition coefficient (Wildman–Crippen LogP) is 2.39. The highest BCUT2D eigenvalue weighted by atomic mass is 16.5. The molecule has 0 aromatic heterocycles. The molecule has 136 valence electrons. The van der Waals surface area contributed by atoms with Gasteiger partial charge in [-0.15, -0.1) is 0 Å². The summed E-state index contributed by atoms with van der Waals surface area (Å²) >= 11 is 0. The maximum Gasteiger partial charge on any atom is 0.239 e. The van der Waals surface area contributed by atoms with Crippen molar-refractivity contribution in [2.75, 3.05) is 31.7 Å². The third-order valence-corrected chi connectivity index (χ3v) is 4.65. The molecule has 1 heterocycles. The first kappa shape index (κ1) is 18.1. The van der Waals surface area contributed by atoms with E-state index in [1.54, 1.807) is 12.0 Å². The topological polar surface area (TPSA) is 58.6 Å². The summed E-state index contributed by atoms with van der Waals surface area (Å²) in [5.41, 5.74) is 3.18. The number of nitrogens with zero attached hydrogens (tertiary/aromatic N) is 1. The molecular formula is C21H24N2O3. The number of hydrogen-bond donors (Lipinski definition) is 1. The highest BCUT2D eigenvalue weighted by Gasteiger charge is 2.38. The van der Waals surface area contributed by atoms with Gasteiger partial charge < -0.3 is 15.0 Å². The average molecular weight is 352 g/mol. The zero-order chi connectivity index (χ0) is 18.4. The summed E-state index contributed by atoms with van der Waals surface area (Å²) in [6.07, 6.45) is 1.29. The lowest BCUT2D eigenvalue weighted by atomic mass is 10.0. The molecule has 1 aliphatic rings.